The molecule has 0 atom stereocenters. The summed E-state index contributed by atoms with van der Waals surface area (Å²) >= 11 is 3.23. The van der Waals surface area contributed by atoms with Gasteiger partial charge in [0.05, 0.1) is 0 Å². The predicted octanol–water partition coefficient (Wildman–Crippen LogP) is 1.67. The Bertz CT molecular complexity index is 447. The first-order chi connectivity index (χ1) is 7.01. The van der Waals surface area contributed by atoms with Crippen LogP contribution in [0.4, 0.5) is 4.39 Å². The zero-order valence-electron chi connectivity index (χ0n) is 8.13. The molecule has 0 aliphatic carbocycles. The average molecular weight is 296 g/mol. The second-order valence-electron chi connectivity index (χ2n) is 2.91. The van der Waals surface area contributed by atoms with E-state index < -0.39 is 15.8 Å². The number of sulfonamides is 1. The number of aryl methyl sites for hydroxylation is 1. The standard InChI is InChI=1S/C9H11BrFNO2S/c1-12-15(13,14)9-3-2-7(4-5-10)6-8(9)11/h2-3,6,12H,4-5H2,1H3. The van der Waals surface area contributed by atoms with Crippen LogP contribution in [-0.4, -0.2) is 20.8 Å². The first-order valence-electron chi connectivity index (χ1n) is 4.29. The van der Waals surface area contributed by atoms with Crippen molar-refractivity contribution in [1.29, 1.82) is 0 Å². The lowest BCUT2D eigenvalue weighted by Gasteiger charge is -2.05. The van der Waals surface area contributed by atoms with Crippen LogP contribution < -0.4 is 4.72 Å². The number of benzene rings is 1. The summed E-state index contributed by atoms with van der Waals surface area (Å²) in [7, 11) is -2.45. The van der Waals surface area contributed by atoms with Gasteiger partial charge in [0.2, 0.25) is 10.0 Å². The van der Waals surface area contributed by atoms with Crippen LogP contribution in [0.1, 0.15) is 5.56 Å². The summed E-state index contributed by atoms with van der Waals surface area (Å²) in [5.74, 6) is -0.720. The molecule has 0 heterocycles. The fraction of sp³-hybridized carbons (Fsp3) is 0.333. The SMILES string of the molecule is CNS(=O)(=O)c1ccc(CCBr)cc1F. The molecule has 0 aliphatic heterocycles. The van der Waals surface area contributed by atoms with Gasteiger partial charge in [-0.05, 0) is 31.2 Å². The maximum Gasteiger partial charge on any atom is 0.243 e. The maximum absolute atomic E-state index is 13.4. The van der Waals surface area contributed by atoms with Crippen LogP contribution in [0.25, 0.3) is 0 Å². The van der Waals surface area contributed by atoms with E-state index in [1.807, 2.05) is 0 Å². The number of hydrogen-bond acceptors (Lipinski definition) is 2. The highest BCUT2D eigenvalue weighted by atomic mass is 79.9. The molecule has 84 valence electrons. The summed E-state index contributed by atoms with van der Waals surface area (Å²) < 4.78 is 38.2. The first kappa shape index (κ1) is 12.6. The highest BCUT2D eigenvalue weighted by Gasteiger charge is 2.16. The van der Waals surface area contributed by atoms with Crippen LogP contribution in [0, 0.1) is 5.82 Å². The van der Waals surface area contributed by atoms with E-state index in [9.17, 15) is 12.8 Å². The van der Waals surface area contributed by atoms with Crippen molar-refractivity contribution in [2.45, 2.75) is 11.3 Å². The van der Waals surface area contributed by atoms with E-state index >= 15 is 0 Å². The van der Waals surface area contributed by atoms with Gasteiger partial charge in [-0.25, -0.2) is 17.5 Å². The largest absolute Gasteiger partial charge is 0.243 e. The number of rotatable bonds is 4. The molecule has 6 heteroatoms. The van der Waals surface area contributed by atoms with Crippen molar-refractivity contribution in [2.75, 3.05) is 12.4 Å². The molecule has 1 N–H and O–H groups in total. The Hall–Kier alpha value is -0.460. The average Bonchev–Trinajstić information content (AvgIpc) is 2.18. The third-order valence-electron chi connectivity index (χ3n) is 1.94. The van der Waals surface area contributed by atoms with Crippen LogP contribution in [-0.2, 0) is 16.4 Å². The highest BCUT2D eigenvalue weighted by Crippen LogP contribution is 2.16. The van der Waals surface area contributed by atoms with Gasteiger partial charge in [-0.2, -0.15) is 0 Å². The van der Waals surface area contributed by atoms with E-state index in [0.29, 0.717) is 11.8 Å². The van der Waals surface area contributed by atoms with Crippen molar-refractivity contribution in [3.05, 3.63) is 29.6 Å². The lowest BCUT2D eigenvalue weighted by atomic mass is 10.2. The van der Waals surface area contributed by atoms with Crippen molar-refractivity contribution >= 4 is 26.0 Å². The number of alkyl halides is 1. The van der Waals surface area contributed by atoms with Gasteiger partial charge in [0, 0.05) is 5.33 Å². The van der Waals surface area contributed by atoms with Gasteiger partial charge < -0.3 is 0 Å². The molecule has 15 heavy (non-hydrogen) atoms. The van der Waals surface area contributed by atoms with Crippen molar-refractivity contribution in [1.82, 2.24) is 4.72 Å². The highest BCUT2D eigenvalue weighted by molar-refractivity contribution is 9.09. The van der Waals surface area contributed by atoms with Crippen LogP contribution in [0.2, 0.25) is 0 Å². The Morgan fingerprint density at radius 3 is 2.60 bits per heavy atom. The molecule has 0 aliphatic rings. The van der Waals surface area contributed by atoms with Crippen LogP contribution >= 0.6 is 15.9 Å². The van der Waals surface area contributed by atoms with Crippen molar-refractivity contribution in [3.8, 4) is 0 Å². The quantitative estimate of drug-likeness (QED) is 0.859. The Balaban J connectivity index is 3.14. The Kier molecular flexibility index (Phi) is 4.24. The summed E-state index contributed by atoms with van der Waals surface area (Å²) in [6.45, 7) is 0. The van der Waals surface area contributed by atoms with Crippen molar-refractivity contribution in [2.24, 2.45) is 0 Å². The van der Waals surface area contributed by atoms with Crippen LogP contribution in [0.5, 0.6) is 0 Å². The summed E-state index contributed by atoms with van der Waals surface area (Å²) in [6.07, 6.45) is 0.663. The second-order valence-corrected chi connectivity index (χ2v) is 5.56. The van der Waals surface area contributed by atoms with E-state index in [1.54, 1.807) is 6.07 Å². The smallest absolute Gasteiger partial charge is 0.214 e. The second kappa shape index (κ2) is 5.05. The van der Waals surface area contributed by atoms with E-state index in [1.165, 1.54) is 19.2 Å². The topological polar surface area (TPSA) is 46.2 Å². The molecule has 0 aromatic heterocycles. The van der Waals surface area contributed by atoms with Gasteiger partial charge in [-0.15, -0.1) is 0 Å². The molecule has 1 aromatic carbocycles. The number of nitrogens with one attached hydrogen (secondary N) is 1. The van der Waals surface area contributed by atoms with Crippen LogP contribution in [0.15, 0.2) is 23.1 Å². The summed E-state index contributed by atoms with van der Waals surface area (Å²) in [5, 5.41) is 0.713. The minimum atomic E-state index is -3.70. The normalized spacial score (nSPS) is 11.7. The maximum atomic E-state index is 13.4. The minimum absolute atomic E-state index is 0.316. The first-order valence-corrected chi connectivity index (χ1v) is 6.89. The van der Waals surface area contributed by atoms with Gasteiger partial charge in [0.15, 0.2) is 0 Å². The Labute approximate surface area is 96.9 Å². The lowest BCUT2D eigenvalue weighted by molar-refractivity contribution is 0.560. The molecule has 0 unspecified atom stereocenters. The zero-order chi connectivity index (χ0) is 11.5. The molecular weight excluding hydrogens is 285 g/mol. The molecule has 1 rings (SSSR count). The third-order valence-corrected chi connectivity index (χ3v) is 3.78. The van der Waals surface area contributed by atoms with E-state index in [0.717, 1.165) is 5.56 Å². The molecule has 3 nitrogen and oxygen atoms in total. The predicted molar refractivity (Wildman–Crippen MR) is 60.1 cm³/mol. The molecule has 0 saturated heterocycles. The summed E-state index contributed by atoms with van der Waals surface area (Å²) in [6, 6.07) is 4.12. The molecule has 0 saturated carbocycles. The van der Waals surface area contributed by atoms with Crippen molar-refractivity contribution < 1.29 is 12.8 Å². The Morgan fingerprint density at radius 1 is 1.47 bits per heavy atom. The Morgan fingerprint density at radius 2 is 2.13 bits per heavy atom. The van der Waals surface area contributed by atoms with Gasteiger partial charge in [-0.1, -0.05) is 22.0 Å². The minimum Gasteiger partial charge on any atom is -0.214 e. The van der Waals surface area contributed by atoms with Gasteiger partial charge in [-0.3, -0.25) is 0 Å². The monoisotopic (exact) mass is 295 g/mol. The van der Waals surface area contributed by atoms with E-state index in [2.05, 4.69) is 20.7 Å². The molecule has 1 aromatic rings. The number of halogens is 2. The summed E-state index contributed by atoms with van der Waals surface area (Å²) in [4.78, 5) is -0.316. The van der Waals surface area contributed by atoms with Gasteiger partial charge in [0.1, 0.15) is 10.7 Å². The molecule has 0 radical (unpaired) electrons. The fourth-order valence-electron chi connectivity index (χ4n) is 1.14. The third kappa shape index (κ3) is 2.99. The zero-order valence-corrected chi connectivity index (χ0v) is 10.5. The van der Waals surface area contributed by atoms with Gasteiger partial charge >= 0.3 is 0 Å². The molecule has 0 amide bonds. The van der Waals surface area contributed by atoms with Crippen molar-refractivity contribution in [3.63, 3.8) is 0 Å². The molecule has 0 bridgehead atoms. The molecule has 0 fully saturated rings. The van der Waals surface area contributed by atoms with Gasteiger partial charge in [0.25, 0.3) is 0 Å². The number of hydrogen-bond donors (Lipinski definition) is 1. The van der Waals surface area contributed by atoms with E-state index in [-0.39, 0.29) is 4.90 Å². The van der Waals surface area contributed by atoms with Crippen LogP contribution in [0.3, 0.4) is 0 Å². The molecular formula is C9H11BrFNO2S. The fourth-order valence-corrected chi connectivity index (χ4v) is 2.38. The lowest BCUT2D eigenvalue weighted by Crippen LogP contribution is -2.19. The molecule has 0 spiro atoms. The summed E-state index contributed by atoms with van der Waals surface area (Å²) in [5.41, 5.74) is 0.763. The van der Waals surface area contributed by atoms with E-state index in [4.69, 9.17) is 0 Å².